The number of halogens is 4. The number of benzene rings is 3. The molecule has 1 amide bonds. The lowest BCUT2D eigenvalue weighted by molar-refractivity contribution is -0.137. The number of carbonyl (C=O) groups excluding carboxylic acids is 1. The minimum absolute atomic E-state index is 0.168. The first-order valence-electron chi connectivity index (χ1n) is 9.74. The van der Waals surface area contributed by atoms with Crippen molar-refractivity contribution in [2.75, 3.05) is 4.90 Å². The number of aromatic nitrogens is 2. The third-order valence-electron chi connectivity index (χ3n) is 5.45. The van der Waals surface area contributed by atoms with Gasteiger partial charge in [0.2, 0.25) is 0 Å². The lowest BCUT2D eigenvalue weighted by atomic mass is 9.96. The second kappa shape index (κ2) is 7.63. The number of nitrogens with zero attached hydrogens (tertiary/aromatic N) is 2. The number of aromatic amines is 1. The van der Waals surface area contributed by atoms with Crippen molar-refractivity contribution in [3.63, 3.8) is 0 Å². The van der Waals surface area contributed by atoms with Gasteiger partial charge in [-0.05, 0) is 35.9 Å². The largest absolute Gasteiger partial charge is 0.416 e. The Hall–Kier alpha value is -3.39. The molecule has 160 valence electrons. The van der Waals surface area contributed by atoms with Gasteiger partial charge in [-0.15, -0.1) is 0 Å². The highest BCUT2D eigenvalue weighted by Gasteiger charge is 2.43. The molecule has 0 spiro atoms. The third kappa shape index (κ3) is 3.40. The molecular weight excluding hydrogens is 483 g/mol. The molecule has 0 unspecified atom stereocenters. The summed E-state index contributed by atoms with van der Waals surface area (Å²) < 4.78 is 41.0. The van der Waals surface area contributed by atoms with Crippen LogP contribution in [0.1, 0.15) is 33.2 Å². The number of fused-ring (bicyclic) bond motifs is 1. The molecule has 0 aliphatic carbocycles. The summed E-state index contributed by atoms with van der Waals surface area (Å²) in [5.41, 5.74) is 2.43. The molecule has 0 saturated heterocycles. The molecule has 0 fully saturated rings. The highest BCUT2D eigenvalue weighted by Crippen LogP contribution is 2.46. The van der Waals surface area contributed by atoms with Crippen molar-refractivity contribution in [1.82, 2.24) is 10.2 Å². The summed E-state index contributed by atoms with van der Waals surface area (Å²) in [4.78, 5) is 14.8. The average molecular weight is 498 g/mol. The minimum Gasteiger partial charge on any atom is -0.295 e. The zero-order valence-corrected chi connectivity index (χ0v) is 18.0. The van der Waals surface area contributed by atoms with Gasteiger partial charge in [0, 0.05) is 21.3 Å². The van der Waals surface area contributed by atoms with E-state index in [1.54, 1.807) is 0 Å². The standard InChI is InChI=1S/C24H15BrF3N3O/c25-17-11-9-15(10-12-17)22-19-20(14-5-2-1-3-6-14)29-30-21(19)23(32)31(22)18-8-4-7-16(13-18)24(26,27)28/h1-13,22H,(H,29,30)/t22-/m1/s1. The smallest absolute Gasteiger partial charge is 0.295 e. The highest BCUT2D eigenvalue weighted by molar-refractivity contribution is 9.10. The number of anilines is 1. The first kappa shape index (κ1) is 20.5. The Labute approximate surface area is 189 Å². The zero-order valence-electron chi connectivity index (χ0n) is 16.4. The van der Waals surface area contributed by atoms with E-state index in [9.17, 15) is 18.0 Å². The van der Waals surface area contributed by atoms with Crippen LogP contribution in [0.3, 0.4) is 0 Å². The number of alkyl halides is 3. The van der Waals surface area contributed by atoms with Gasteiger partial charge in [0.15, 0.2) is 0 Å². The van der Waals surface area contributed by atoms with Gasteiger partial charge < -0.3 is 0 Å². The molecule has 1 N–H and O–H groups in total. The van der Waals surface area contributed by atoms with E-state index in [0.29, 0.717) is 11.3 Å². The molecule has 1 atom stereocenters. The number of hydrogen-bond donors (Lipinski definition) is 1. The highest BCUT2D eigenvalue weighted by atomic mass is 79.9. The van der Waals surface area contributed by atoms with Crippen LogP contribution in [-0.4, -0.2) is 16.1 Å². The summed E-state index contributed by atoms with van der Waals surface area (Å²) in [5.74, 6) is -0.429. The molecule has 0 bridgehead atoms. The Bertz CT molecular complexity index is 1300. The van der Waals surface area contributed by atoms with Crippen LogP contribution >= 0.6 is 15.9 Å². The number of rotatable bonds is 3. The molecule has 1 aliphatic rings. The first-order chi connectivity index (χ1) is 15.3. The van der Waals surface area contributed by atoms with E-state index in [-0.39, 0.29) is 11.4 Å². The molecule has 4 nitrogen and oxygen atoms in total. The zero-order chi connectivity index (χ0) is 22.5. The first-order valence-corrected chi connectivity index (χ1v) is 10.5. The number of H-pyrrole nitrogens is 1. The number of amides is 1. The summed E-state index contributed by atoms with van der Waals surface area (Å²) in [6, 6.07) is 20.9. The SMILES string of the molecule is O=C1c2[nH]nc(-c3ccccc3)c2[C@@H](c2ccc(Br)cc2)N1c1cccc(C(F)(F)F)c1. The van der Waals surface area contributed by atoms with Crippen LogP contribution in [-0.2, 0) is 6.18 Å². The van der Waals surface area contributed by atoms with E-state index < -0.39 is 23.7 Å². The van der Waals surface area contributed by atoms with Crippen LogP contribution in [0, 0.1) is 0 Å². The molecule has 4 aromatic rings. The minimum atomic E-state index is -4.52. The molecule has 0 saturated carbocycles. The lowest BCUT2D eigenvalue weighted by Gasteiger charge is -2.27. The topological polar surface area (TPSA) is 49.0 Å². The molecule has 1 aromatic heterocycles. The fourth-order valence-electron chi connectivity index (χ4n) is 4.02. The van der Waals surface area contributed by atoms with Crippen molar-refractivity contribution in [1.29, 1.82) is 0 Å². The van der Waals surface area contributed by atoms with Crippen molar-refractivity contribution in [3.05, 3.63) is 106 Å². The van der Waals surface area contributed by atoms with Gasteiger partial charge in [0.05, 0.1) is 17.3 Å². The quantitative estimate of drug-likeness (QED) is 0.346. The second-order valence-corrected chi connectivity index (χ2v) is 8.32. The van der Waals surface area contributed by atoms with Gasteiger partial charge in [-0.1, -0.05) is 64.5 Å². The lowest BCUT2D eigenvalue weighted by Crippen LogP contribution is -2.29. The Morgan fingerprint density at radius 2 is 1.66 bits per heavy atom. The molecule has 32 heavy (non-hydrogen) atoms. The number of hydrogen-bond acceptors (Lipinski definition) is 2. The summed E-state index contributed by atoms with van der Waals surface area (Å²) >= 11 is 3.41. The van der Waals surface area contributed by atoms with E-state index in [0.717, 1.165) is 27.7 Å². The van der Waals surface area contributed by atoms with E-state index in [1.807, 2.05) is 54.6 Å². The van der Waals surface area contributed by atoms with Crippen molar-refractivity contribution in [3.8, 4) is 11.3 Å². The number of carbonyl (C=O) groups is 1. The fourth-order valence-corrected chi connectivity index (χ4v) is 4.29. The predicted molar refractivity (Wildman–Crippen MR) is 118 cm³/mol. The predicted octanol–water partition coefficient (Wildman–Crippen LogP) is 6.61. The molecular formula is C24H15BrF3N3O. The van der Waals surface area contributed by atoms with Crippen LogP contribution in [0.4, 0.5) is 18.9 Å². The van der Waals surface area contributed by atoms with Crippen LogP contribution in [0.2, 0.25) is 0 Å². The Kier molecular flexibility index (Phi) is 4.89. The monoisotopic (exact) mass is 497 g/mol. The van der Waals surface area contributed by atoms with Crippen LogP contribution in [0.25, 0.3) is 11.3 Å². The summed E-state index contributed by atoms with van der Waals surface area (Å²) in [6.07, 6.45) is -4.52. The van der Waals surface area contributed by atoms with E-state index >= 15 is 0 Å². The molecule has 0 radical (unpaired) electrons. The van der Waals surface area contributed by atoms with Gasteiger partial charge in [0.1, 0.15) is 5.69 Å². The number of nitrogens with one attached hydrogen (secondary N) is 1. The van der Waals surface area contributed by atoms with E-state index in [2.05, 4.69) is 26.1 Å². The maximum absolute atomic E-state index is 13.4. The maximum atomic E-state index is 13.4. The van der Waals surface area contributed by atoms with Crippen molar-refractivity contribution >= 4 is 27.5 Å². The van der Waals surface area contributed by atoms with Gasteiger partial charge in [-0.25, -0.2) is 0 Å². The van der Waals surface area contributed by atoms with Crippen LogP contribution < -0.4 is 4.90 Å². The summed E-state index contributed by atoms with van der Waals surface area (Å²) in [7, 11) is 0. The summed E-state index contributed by atoms with van der Waals surface area (Å²) in [5, 5.41) is 7.19. The normalized spacial score (nSPS) is 15.8. The Morgan fingerprint density at radius 3 is 2.34 bits per heavy atom. The van der Waals surface area contributed by atoms with Crippen LogP contribution in [0.15, 0.2) is 83.3 Å². The fraction of sp³-hybridized carbons (Fsp3) is 0.0833. The maximum Gasteiger partial charge on any atom is 0.416 e. The Balaban J connectivity index is 1.71. The van der Waals surface area contributed by atoms with Crippen molar-refractivity contribution in [2.24, 2.45) is 0 Å². The molecule has 3 aromatic carbocycles. The average Bonchev–Trinajstić information content (AvgIpc) is 3.34. The second-order valence-electron chi connectivity index (χ2n) is 7.40. The van der Waals surface area contributed by atoms with Gasteiger partial charge in [0.25, 0.3) is 5.91 Å². The van der Waals surface area contributed by atoms with Crippen LogP contribution in [0.5, 0.6) is 0 Å². The molecule has 8 heteroatoms. The van der Waals surface area contributed by atoms with Crippen molar-refractivity contribution < 1.29 is 18.0 Å². The molecule has 5 rings (SSSR count). The molecule has 2 heterocycles. The van der Waals surface area contributed by atoms with Gasteiger partial charge in [-0.2, -0.15) is 18.3 Å². The third-order valence-corrected chi connectivity index (χ3v) is 5.98. The summed E-state index contributed by atoms with van der Waals surface area (Å²) in [6.45, 7) is 0. The van der Waals surface area contributed by atoms with E-state index in [1.165, 1.54) is 17.0 Å². The molecule has 1 aliphatic heterocycles. The van der Waals surface area contributed by atoms with E-state index in [4.69, 9.17) is 0 Å². The van der Waals surface area contributed by atoms with Gasteiger partial charge in [-0.3, -0.25) is 14.8 Å². The van der Waals surface area contributed by atoms with Gasteiger partial charge >= 0.3 is 6.18 Å². The Morgan fingerprint density at radius 1 is 0.938 bits per heavy atom. The van der Waals surface area contributed by atoms with Crippen molar-refractivity contribution in [2.45, 2.75) is 12.2 Å².